The van der Waals surface area contributed by atoms with Gasteiger partial charge < -0.3 is 10.2 Å². The van der Waals surface area contributed by atoms with E-state index in [1.807, 2.05) is 6.07 Å². The number of hydrogen-bond donors (Lipinski definition) is 1. The van der Waals surface area contributed by atoms with Crippen LogP contribution in [0.4, 0.5) is 5.69 Å². The zero-order chi connectivity index (χ0) is 14.3. The van der Waals surface area contributed by atoms with Crippen LogP contribution in [0.1, 0.15) is 5.56 Å². The third kappa shape index (κ3) is 2.17. The average molecular weight is 309 g/mol. The Morgan fingerprint density at radius 1 is 1.20 bits per heavy atom. The molecule has 0 amide bonds. The predicted octanol–water partition coefficient (Wildman–Crippen LogP) is 3.53. The van der Waals surface area contributed by atoms with Crippen LogP contribution in [0.2, 0.25) is 10.0 Å². The fraction of sp³-hybridized carbons (Fsp3) is 0.0714. The largest absolute Gasteiger partial charge is 0.420 e. The predicted molar refractivity (Wildman–Crippen MR) is 80.5 cm³/mol. The van der Waals surface area contributed by atoms with Crippen LogP contribution in [0.15, 0.2) is 45.6 Å². The summed E-state index contributed by atoms with van der Waals surface area (Å²) in [7, 11) is 0. The zero-order valence-electron chi connectivity index (χ0n) is 10.3. The number of benzene rings is 2. The highest BCUT2D eigenvalue weighted by atomic mass is 35.5. The summed E-state index contributed by atoms with van der Waals surface area (Å²) in [5.74, 6) is -0.457. The van der Waals surface area contributed by atoms with E-state index in [0.717, 1.165) is 5.56 Å². The molecule has 2 N–H and O–H groups in total. The van der Waals surface area contributed by atoms with Crippen molar-refractivity contribution < 1.29 is 4.42 Å². The van der Waals surface area contributed by atoms with Gasteiger partial charge in [0, 0.05) is 11.8 Å². The van der Waals surface area contributed by atoms with Gasteiger partial charge in [-0.1, -0.05) is 35.3 Å². The van der Waals surface area contributed by atoms with Crippen molar-refractivity contribution in [2.24, 2.45) is 0 Å². The lowest BCUT2D eigenvalue weighted by molar-refractivity contribution is 0.518. The molecule has 3 rings (SSSR count). The van der Waals surface area contributed by atoms with Gasteiger partial charge in [0.2, 0.25) is 0 Å². The van der Waals surface area contributed by atoms with Crippen molar-refractivity contribution in [2.45, 2.75) is 6.54 Å². The van der Waals surface area contributed by atoms with Crippen molar-refractivity contribution in [3.8, 4) is 0 Å². The van der Waals surface area contributed by atoms with Crippen LogP contribution in [0.3, 0.4) is 0 Å². The fourth-order valence-electron chi connectivity index (χ4n) is 2.07. The molecule has 0 fully saturated rings. The lowest BCUT2D eigenvalue weighted by Gasteiger charge is -2.06. The first kappa shape index (κ1) is 13.1. The van der Waals surface area contributed by atoms with Gasteiger partial charge in [-0.25, -0.2) is 4.79 Å². The highest BCUT2D eigenvalue weighted by Crippen LogP contribution is 2.27. The van der Waals surface area contributed by atoms with E-state index in [9.17, 15) is 4.79 Å². The number of aromatic nitrogens is 1. The summed E-state index contributed by atoms with van der Waals surface area (Å²) in [5.41, 5.74) is 8.08. The van der Waals surface area contributed by atoms with E-state index < -0.39 is 5.76 Å². The number of rotatable bonds is 2. The van der Waals surface area contributed by atoms with Crippen LogP contribution in [-0.4, -0.2) is 4.57 Å². The molecule has 0 aliphatic rings. The third-order valence-corrected chi connectivity index (χ3v) is 3.91. The lowest BCUT2D eigenvalue weighted by atomic mass is 10.2. The number of nitrogens with zero attached hydrogens (tertiary/aromatic N) is 1. The molecule has 6 heteroatoms. The molecule has 102 valence electrons. The first-order chi connectivity index (χ1) is 9.56. The van der Waals surface area contributed by atoms with Crippen LogP contribution >= 0.6 is 23.2 Å². The Morgan fingerprint density at radius 2 is 2.00 bits per heavy atom. The summed E-state index contributed by atoms with van der Waals surface area (Å²) in [5, 5.41) is 0.889. The van der Waals surface area contributed by atoms with Crippen LogP contribution in [0, 0.1) is 0 Å². The molecule has 0 aliphatic carbocycles. The monoisotopic (exact) mass is 308 g/mol. The van der Waals surface area contributed by atoms with Gasteiger partial charge in [-0.3, -0.25) is 4.57 Å². The topological polar surface area (TPSA) is 61.2 Å². The molecule has 0 spiro atoms. The van der Waals surface area contributed by atoms with Gasteiger partial charge >= 0.3 is 5.76 Å². The number of nitrogens with two attached hydrogens (primary N) is 1. The highest BCUT2D eigenvalue weighted by molar-refractivity contribution is 6.42. The summed E-state index contributed by atoms with van der Waals surface area (Å²) >= 11 is 12.1. The van der Waals surface area contributed by atoms with Crippen LogP contribution in [-0.2, 0) is 6.54 Å². The molecule has 4 nitrogen and oxygen atoms in total. The van der Waals surface area contributed by atoms with E-state index in [1.54, 1.807) is 30.3 Å². The summed E-state index contributed by atoms with van der Waals surface area (Å²) in [4.78, 5) is 11.9. The minimum Gasteiger partial charge on any atom is -0.408 e. The second kappa shape index (κ2) is 4.89. The van der Waals surface area contributed by atoms with Crippen LogP contribution < -0.4 is 11.5 Å². The lowest BCUT2D eigenvalue weighted by Crippen LogP contribution is -2.15. The minimum atomic E-state index is -0.457. The maximum absolute atomic E-state index is 11.9. The first-order valence-corrected chi connectivity index (χ1v) is 6.63. The Bertz CT molecular complexity index is 852. The summed E-state index contributed by atoms with van der Waals surface area (Å²) in [6.45, 7) is 0.287. The Morgan fingerprint density at radius 3 is 2.80 bits per heavy atom. The fourth-order valence-corrected chi connectivity index (χ4v) is 2.45. The summed E-state index contributed by atoms with van der Waals surface area (Å²) < 4.78 is 6.67. The number of halogens is 2. The minimum absolute atomic E-state index is 0.287. The van der Waals surface area contributed by atoms with Gasteiger partial charge in [-0.15, -0.1) is 0 Å². The molecule has 1 aromatic heterocycles. The maximum Gasteiger partial charge on any atom is 0.420 e. The van der Waals surface area contributed by atoms with Crippen molar-refractivity contribution in [1.82, 2.24) is 4.57 Å². The average Bonchev–Trinajstić information content (AvgIpc) is 2.70. The molecule has 1 heterocycles. The molecule has 0 saturated heterocycles. The quantitative estimate of drug-likeness (QED) is 0.737. The Balaban J connectivity index is 2.13. The van der Waals surface area contributed by atoms with E-state index in [1.165, 1.54) is 4.57 Å². The van der Waals surface area contributed by atoms with Crippen LogP contribution in [0.5, 0.6) is 0 Å². The molecule has 3 aromatic rings. The van der Waals surface area contributed by atoms with Crippen molar-refractivity contribution in [3.05, 3.63) is 62.6 Å². The SMILES string of the molecule is Nc1ccc2c(c1)oc(=O)n2Cc1cccc(Cl)c1Cl. The number of oxazole rings is 1. The number of hydrogen-bond acceptors (Lipinski definition) is 3. The van der Waals surface area contributed by atoms with Crippen LogP contribution in [0.25, 0.3) is 11.1 Å². The summed E-state index contributed by atoms with van der Waals surface area (Å²) in [6.07, 6.45) is 0. The van der Waals surface area contributed by atoms with Gasteiger partial charge in [0.25, 0.3) is 0 Å². The molecule has 0 bridgehead atoms. The van der Waals surface area contributed by atoms with E-state index in [4.69, 9.17) is 33.4 Å². The Hall–Kier alpha value is -1.91. The standard InChI is InChI=1S/C14H10Cl2N2O2/c15-10-3-1-2-8(13(10)16)7-18-11-5-4-9(17)6-12(11)20-14(18)19/h1-6H,7,17H2. The van der Waals surface area contributed by atoms with E-state index in [0.29, 0.717) is 26.8 Å². The second-order valence-electron chi connectivity index (χ2n) is 4.39. The molecular weight excluding hydrogens is 299 g/mol. The highest BCUT2D eigenvalue weighted by Gasteiger charge is 2.12. The van der Waals surface area contributed by atoms with Gasteiger partial charge in [-0.2, -0.15) is 0 Å². The molecule has 0 radical (unpaired) electrons. The van der Waals surface area contributed by atoms with Crippen molar-refractivity contribution in [1.29, 1.82) is 0 Å². The molecule has 0 unspecified atom stereocenters. The normalized spacial score (nSPS) is 11.1. The van der Waals surface area contributed by atoms with Gasteiger partial charge in [0.15, 0.2) is 5.58 Å². The number of fused-ring (bicyclic) bond motifs is 1. The maximum atomic E-state index is 11.9. The molecular formula is C14H10Cl2N2O2. The number of nitrogen functional groups attached to an aromatic ring is 1. The molecule has 20 heavy (non-hydrogen) atoms. The van der Waals surface area contributed by atoms with E-state index >= 15 is 0 Å². The van der Waals surface area contributed by atoms with Gasteiger partial charge in [-0.05, 0) is 23.8 Å². The number of anilines is 1. The molecule has 0 saturated carbocycles. The summed E-state index contributed by atoms with van der Waals surface area (Å²) in [6, 6.07) is 10.4. The van der Waals surface area contributed by atoms with E-state index in [2.05, 4.69) is 0 Å². The van der Waals surface area contributed by atoms with Gasteiger partial charge in [0.1, 0.15) is 0 Å². The van der Waals surface area contributed by atoms with Crippen molar-refractivity contribution in [3.63, 3.8) is 0 Å². The first-order valence-electron chi connectivity index (χ1n) is 5.88. The zero-order valence-corrected chi connectivity index (χ0v) is 11.8. The van der Waals surface area contributed by atoms with Crippen molar-refractivity contribution >= 4 is 40.0 Å². The Labute approximate surface area is 124 Å². The Kier molecular flexibility index (Phi) is 3.20. The van der Waals surface area contributed by atoms with E-state index in [-0.39, 0.29) is 6.54 Å². The second-order valence-corrected chi connectivity index (χ2v) is 5.18. The third-order valence-electron chi connectivity index (χ3n) is 3.05. The molecule has 0 atom stereocenters. The molecule has 2 aromatic carbocycles. The molecule has 0 aliphatic heterocycles. The van der Waals surface area contributed by atoms with Gasteiger partial charge in [0.05, 0.1) is 22.1 Å². The smallest absolute Gasteiger partial charge is 0.408 e. The van der Waals surface area contributed by atoms with Crippen molar-refractivity contribution in [2.75, 3.05) is 5.73 Å².